The molecule has 1 aliphatic carbocycles. The van der Waals surface area contributed by atoms with E-state index in [-0.39, 0.29) is 17.3 Å². The SMILES string of the molecule is CCOC(=O)[C@@H]1CN(Cc2ccccc2)CC12CCCc1ccccc12. The number of nitrogens with zero attached hydrogens (tertiary/aromatic N) is 1. The monoisotopic (exact) mass is 349 g/mol. The summed E-state index contributed by atoms with van der Waals surface area (Å²) in [6.45, 7) is 4.95. The van der Waals surface area contributed by atoms with Crippen LogP contribution in [-0.2, 0) is 27.9 Å². The second-order valence-corrected chi connectivity index (χ2v) is 7.63. The Labute approximate surface area is 156 Å². The number of hydrogen-bond donors (Lipinski definition) is 0. The van der Waals surface area contributed by atoms with Gasteiger partial charge in [0.05, 0.1) is 12.5 Å². The molecule has 0 saturated carbocycles. The molecule has 1 fully saturated rings. The molecule has 1 spiro atoms. The van der Waals surface area contributed by atoms with Crippen LogP contribution in [-0.4, -0.2) is 30.6 Å². The van der Waals surface area contributed by atoms with Gasteiger partial charge in [-0.1, -0.05) is 54.6 Å². The molecule has 4 rings (SSSR count). The summed E-state index contributed by atoms with van der Waals surface area (Å²) in [6.07, 6.45) is 3.33. The van der Waals surface area contributed by atoms with E-state index in [9.17, 15) is 4.79 Å². The van der Waals surface area contributed by atoms with Crippen LogP contribution in [0, 0.1) is 5.92 Å². The van der Waals surface area contributed by atoms with E-state index >= 15 is 0 Å². The fraction of sp³-hybridized carbons (Fsp3) is 0.435. The summed E-state index contributed by atoms with van der Waals surface area (Å²) in [5.74, 6) is -0.104. The summed E-state index contributed by atoms with van der Waals surface area (Å²) in [7, 11) is 0. The van der Waals surface area contributed by atoms with E-state index in [1.165, 1.54) is 16.7 Å². The predicted octanol–water partition coefficient (Wildman–Crippen LogP) is 3.96. The van der Waals surface area contributed by atoms with Crippen LogP contribution in [0.15, 0.2) is 54.6 Å². The van der Waals surface area contributed by atoms with Crippen molar-refractivity contribution in [3.8, 4) is 0 Å². The third-order valence-corrected chi connectivity index (χ3v) is 6.06. The molecule has 3 heteroatoms. The van der Waals surface area contributed by atoms with Gasteiger partial charge < -0.3 is 4.74 Å². The molecule has 0 radical (unpaired) electrons. The van der Waals surface area contributed by atoms with Gasteiger partial charge in [-0.05, 0) is 42.9 Å². The Balaban J connectivity index is 1.68. The summed E-state index contributed by atoms with van der Waals surface area (Å²) < 4.78 is 5.50. The average molecular weight is 349 g/mol. The second kappa shape index (κ2) is 7.24. The Morgan fingerprint density at radius 3 is 2.73 bits per heavy atom. The molecule has 1 unspecified atom stereocenters. The first kappa shape index (κ1) is 17.3. The molecule has 0 N–H and O–H groups in total. The molecule has 2 aliphatic rings. The van der Waals surface area contributed by atoms with Crippen LogP contribution in [0.5, 0.6) is 0 Å². The number of aryl methyl sites for hydroxylation is 1. The first-order valence-electron chi connectivity index (χ1n) is 9.74. The van der Waals surface area contributed by atoms with Crippen LogP contribution in [0.25, 0.3) is 0 Å². The molecule has 2 aromatic rings. The van der Waals surface area contributed by atoms with E-state index in [0.717, 1.165) is 38.9 Å². The number of hydrogen-bond acceptors (Lipinski definition) is 3. The van der Waals surface area contributed by atoms with Crippen molar-refractivity contribution in [2.75, 3.05) is 19.7 Å². The normalized spacial score (nSPS) is 25.2. The largest absolute Gasteiger partial charge is 0.466 e. The number of ether oxygens (including phenoxy) is 1. The molecule has 2 atom stereocenters. The van der Waals surface area contributed by atoms with E-state index in [1.54, 1.807) is 0 Å². The summed E-state index contributed by atoms with van der Waals surface area (Å²) in [4.78, 5) is 15.3. The third kappa shape index (κ3) is 3.05. The molecule has 0 bridgehead atoms. The van der Waals surface area contributed by atoms with Gasteiger partial charge in [0.2, 0.25) is 0 Å². The topological polar surface area (TPSA) is 29.5 Å². The highest BCUT2D eigenvalue weighted by atomic mass is 16.5. The van der Waals surface area contributed by atoms with E-state index < -0.39 is 0 Å². The quantitative estimate of drug-likeness (QED) is 0.783. The van der Waals surface area contributed by atoms with Crippen molar-refractivity contribution < 1.29 is 9.53 Å². The zero-order valence-electron chi connectivity index (χ0n) is 15.5. The number of carbonyl (C=O) groups excluding carboxylic acids is 1. The standard InChI is InChI=1S/C23H27NO2/c1-2-26-22(25)21-16-24(15-18-9-4-3-5-10-18)17-23(21)14-8-12-19-11-6-7-13-20(19)23/h3-7,9-11,13,21H,2,8,12,14-17H2,1H3/t21-,23?/m0/s1. The van der Waals surface area contributed by atoms with Gasteiger partial charge in [0.15, 0.2) is 0 Å². The lowest BCUT2D eigenvalue weighted by Crippen LogP contribution is -2.42. The van der Waals surface area contributed by atoms with Gasteiger partial charge in [-0.25, -0.2) is 0 Å². The number of likely N-dealkylation sites (tertiary alicyclic amines) is 1. The van der Waals surface area contributed by atoms with E-state index in [0.29, 0.717) is 6.61 Å². The van der Waals surface area contributed by atoms with E-state index in [2.05, 4.69) is 53.4 Å². The van der Waals surface area contributed by atoms with Crippen molar-refractivity contribution in [3.63, 3.8) is 0 Å². The van der Waals surface area contributed by atoms with Crippen LogP contribution in [0.4, 0.5) is 0 Å². The van der Waals surface area contributed by atoms with Gasteiger partial charge in [-0.3, -0.25) is 9.69 Å². The van der Waals surface area contributed by atoms with Crippen LogP contribution in [0.2, 0.25) is 0 Å². The maximum Gasteiger partial charge on any atom is 0.311 e. The van der Waals surface area contributed by atoms with Crippen molar-refractivity contribution in [2.45, 2.75) is 38.1 Å². The predicted molar refractivity (Wildman–Crippen MR) is 103 cm³/mol. The lowest BCUT2D eigenvalue weighted by atomic mass is 9.64. The van der Waals surface area contributed by atoms with Crippen molar-refractivity contribution >= 4 is 5.97 Å². The molecule has 26 heavy (non-hydrogen) atoms. The van der Waals surface area contributed by atoms with Gasteiger partial charge in [0, 0.05) is 25.0 Å². The summed E-state index contributed by atoms with van der Waals surface area (Å²) in [5, 5.41) is 0. The van der Waals surface area contributed by atoms with Crippen LogP contribution in [0.1, 0.15) is 36.5 Å². The fourth-order valence-corrected chi connectivity index (χ4v) is 4.99. The number of carbonyl (C=O) groups is 1. The third-order valence-electron chi connectivity index (χ3n) is 6.06. The average Bonchev–Trinajstić information content (AvgIpc) is 3.02. The smallest absolute Gasteiger partial charge is 0.311 e. The number of fused-ring (bicyclic) bond motifs is 2. The highest BCUT2D eigenvalue weighted by Gasteiger charge is 2.53. The molecule has 1 saturated heterocycles. The van der Waals surface area contributed by atoms with Crippen molar-refractivity contribution in [1.82, 2.24) is 4.90 Å². The molecule has 0 aromatic heterocycles. The molecule has 1 aliphatic heterocycles. The highest BCUT2D eigenvalue weighted by molar-refractivity contribution is 5.76. The minimum atomic E-state index is -0.101. The van der Waals surface area contributed by atoms with E-state index in [1.807, 2.05) is 13.0 Å². The fourth-order valence-electron chi connectivity index (χ4n) is 4.99. The Hall–Kier alpha value is -2.13. The van der Waals surface area contributed by atoms with Gasteiger partial charge >= 0.3 is 5.97 Å². The van der Waals surface area contributed by atoms with Gasteiger partial charge in [0.1, 0.15) is 0 Å². The summed E-state index contributed by atoms with van der Waals surface area (Å²) in [6, 6.07) is 19.3. The van der Waals surface area contributed by atoms with Crippen molar-refractivity contribution in [3.05, 3.63) is 71.3 Å². The lowest BCUT2D eigenvalue weighted by molar-refractivity contribution is -0.149. The lowest BCUT2D eigenvalue weighted by Gasteiger charge is -2.39. The number of esters is 1. The molecule has 2 aromatic carbocycles. The van der Waals surface area contributed by atoms with Crippen LogP contribution < -0.4 is 0 Å². The van der Waals surface area contributed by atoms with E-state index in [4.69, 9.17) is 4.74 Å². The Morgan fingerprint density at radius 2 is 1.92 bits per heavy atom. The highest BCUT2D eigenvalue weighted by Crippen LogP contribution is 2.48. The molecular weight excluding hydrogens is 322 g/mol. The maximum atomic E-state index is 12.9. The Morgan fingerprint density at radius 1 is 1.15 bits per heavy atom. The molecule has 136 valence electrons. The van der Waals surface area contributed by atoms with Gasteiger partial charge in [-0.15, -0.1) is 0 Å². The molecular formula is C23H27NO2. The summed E-state index contributed by atoms with van der Waals surface area (Å²) in [5.41, 5.74) is 3.99. The second-order valence-electron chi connectivity index (χ2n) is 7.63. The summed E-state index contributed by atoms with van der Waals surface area (Å²) >= 11 is 0. The van der Waals surface area contributed by atoms with Crippen LogP contribution in [0.3, 0.4) is 0 Å². The maximum absolute atomic E-state index is 12.9. The number of rotatable bonds is 4. The molecule has 3 nitrogen and oxygen atoms in total. The number of benzene rings is 2. The molecule has 1 heterocycles. The zero-order valence-corrected chi connectivity index (χ0v) is 15.5. The van der Waals surface area contributed by atoms with Crippen molar-refractivity contribution in [1.29, 1.82) is 0 Å². The van der Waals surface area contributed by atoms with Gasteiger partial charge in [0.25, 0.3) is 0 Å². The Bertz CT molecular complexity index is 773. The first-order chi connectivity index (χ1) is 12.7. The molecule has 0 amide bonds. The minimum absolute atomic E-state index is 0.0280. The minimum Gasteiger partial charge on any atom is -0.466 e. The van der Waals surface area contributed by atoms with Crippen molar-refractivity contribution in [2.24, 2.45) is 5.92 Å². The Kier molecular flexibility index (Phi) is 4.82. The van der Waals surface area contributed by atoms with Gasteiger partial charge in [-0.2, -0.15) is 0 Å². The zero-order chi connectivity index (χ0) is 18.0. The first-order valence-corrected chi connectivity index (χ1v) is 9.74. The van der Waals surface area contributed by atoms with Crippen LogP contribution >= 0.6 is 0 Å².